The summed E-state index contributed by atoms with van der Waals surface area (Å²) < 4.78 is 12.3. The summed E-state index contributed by atoms with van der Waals surface area (Å²) in [5.41, 5.74) is 0.542. The van der Waals surface area contributed by atoms with Gasteiger partial charge in [0, 0.05) is 39.1 Å². The third-order valence-electron chi connectivity index (χ3n) is 8.03. The van der Waals surface area contributed by atoms with E-state index in [1.807, 2.05) is 24.3 Å². The Hall–Kier alpha value is -2.12. The molecule has 5 rings (SSSR count). The first-order chi connectivity index (χ1) is 16.7. The predicted octanol–water partition coefficient (Wildman–Crippen LogP) is 3.23. The van der Waals surface area contributed by atoms with Crippen LogP contribution in [0.4, 0.5) is 0 Å². The van der Waals surface area contributed by atoms with E-state index in [1.54, 1.807) is 4.90 Å². The highest BCUT2D eigenvalue weighted by molar-refractivity contribution is 6.00. The van der Waals surface area contributed by atoms with Gasteiger partial charge in [0.15, 0.2) is 0 Å². The van der Waals surface area contributed by atoms with Gasteiger partial charge in [0.25, 0.3) is 5.91 Å². The molecule has 0 spiro atoms. The molecule has 3 fully saturated rings. The van der Waals surface area contributed by atoms with Crippen molar-refractivity contribution in [3.63, 3.8) is 0 Å². The number of rotatable bonds is 2. The number of hydrogen-bond donors (Lipinski definition) is 1. The second-order valence-electron chi connectivity index (χ2n) is 10.5. The van der Waals surface area contributed by atoms with E-state index in [0.717, 1.165) is 38.8 Å². The second-order valence-corrected chi connectivity index (χ2v) is 10.5. The maximum atomic E-state index is 13.7. The topological polar surface area (TPSA) is 71.1 Å². The summed E-state index contributed by atoms with van der Waals surface area (Å²) in [7, 11) is 0. The van der Waals surface area contributed by atoms with Crippen molar-refractivity contribution in [1.82, 2.24) is 15.1 Å². The molecule has 2 amide bonds. The third kappa shape index (κ3) is 5.57. The van der Waals surface area contributed by atoms with E-state index in [9.17, 15) is 9.59 Å². The van der Waals surface area contributed by atoms with E-state index in [4.69, 9.17) is 9.47 Å². The molecule has 0 radical (unpaired) electrons. The molecule has 4 aliphatic rings. The van der Waals surface area contributed by atoms with Gasteiger partial charge in [-0.25, -0.2) is 0 Å². The largest absolute Gasteiger partial charge is 0.493 e. The van der Waals surface area contributed by atoms with Crippen LogP contribution in [0.1, 0.15) is 68.1 Å². The zero-order valence-electron chi connectivity index (χ0n) is 20.3. The van der Waals surface area contributed by atoms with E-state index < -0.39 is 6.04 Å². The summed E-state index contributed by atoms with van der Waals surface area (Å²) in [4.78, 5) is 31.3. The highest BCUT2D eigenvalue weighted by Gasteiger charge is 2.38. The molecule has 7 nitrogen and oxygen atoms in total. The minimum atomic E-state index is -0.500. The van der Waals surface area contributed by atoms with E-state index in [1.165, 1.54) is 32.1 Å². The fourth-order valence-electron chi connectivity index (χ4n) is 6.11. The highest BCUT2D eigenvalue weighted by Crippen LogP contribution is 2.28. The van der Waals surface area contributed by atoms with Gasteiger partial charge in [-0.15, -0.1) is 0 Å². The van der Waals surface area contributed by atoms with Gasteiger partial charge >= 0.3 is 0 Å². The van der Waals surface area contributed by atoms with E-state index in [-0.39, 0.29) is 24.0 Å². The van der Waals surface area contributed by atoms with Crippen LogP contribution >= 0.6 is 0 Å². The molecule has 0 aromatic heterocycles. The van der Waals surface area contributed by atoms with Gasteiger partial charge in [-0.05, 0) is 50.2 Å². The van der Waals surface area contributed by atoms with Gasteiger partial charge in [0.1, 0.15) is 11.8 Å². The number of hydrogen-bond acceptors (Lipinski definition) is 5. The van der Waals surface area contributed by atoms with E-state index >= 15 is 0 Å². The minimum absolute atomic E-state index is 0.0315. The Morgan fingerprint density at radius 3 is 2.62 bits per heavy atom. The standard InChI is InChI=1S/C27H39N3O4/c31-26-24-19-29(18-20-7-2-1-3-8-20)14-15-30(24)27(32)23-11-4-5-12-25(23)33-16-13-21-9-6-10-22(34-21)17-28-26/h4-5,11-12,20-22,24H,1-3,6-10,13-19H2,(H,28,31)/t21-,22-,24-/m0/s1. The van der Waals surface area contributed by atoms with Gasteiger partial charge < -0.3 is 19.7 Å². The Bertz CT molecular complexity index is 856. The summed E-state index contributed by atoms with van der Waals surface area (Å²) in [6.07, 6.45) is 10.6. The normalized spacial score (nSPS) is 29.9. The lowest BCUT2D eigenvalue weighted by molar-refractivity contribution is -0.129. The predicted molar refractivity (Wildman–Crippen MR) is 130 cm³/mol. The molecule has 1 aliphatic carbocycles. The summed E-state index contributed by atoms with van der Waals surface area (Å²) in [6.45, 7) is 4.01. The van der Waals surface area contributed by atoms with Gasteiger partial charge in [0.2, 0.25) is 5.91 Å². The van der Waals surface area contributed by atoms with Crippen LogP contribution in [-0.4, -0.2) is 79.2 Å². The van der Waals surface area contributed by atoms with Crippen molar-refractivity contribution >= 4 is 11.8 Å². The molecule has 0 unspecified atom stereocenters. The Morgan fingerprint density at radius 2 is 1.74 bits per heavy atom. The summed E-state index contributed by atoms with van der Waals surface area (Å²) in [5.74, 6) is 1.13. The number of fused-ring (bicyclic) bond motifs is 4. The van der Waals surface area contributed by atoms with Crippen molar-refractivity contribution in [3.8, 4) is 5.75 Å². The number of piperazine rings is 1. The minimum Gasteiger partial charge on any atom is -0.493 e. The lowest BCUT2D eigenvalue weighted by Gasteiger charge is -2.42. The molecular formula is C27H39N3O4. The number of nitrogens with one attached hydrogen (secondary N) is 1. The maximum absolute atomic E-state index is 13.7. The Kier molecular flexibility index (Phi) is 7.70. The molecule has 3 atom stereocenters. The number of amides is 2. The van der Waals surface area contributed by atoms with Crippen LogP contribution in [-0.2, 0) is 9.53 Å². The van der Waals surface area contributed by atoms with Gasteiger partial charge in [-0.3, -0.25) is 14.5 Å². The van der Waals surface area contributed by atoms with Crippen molar-refractivity contribution < 1.29 is 19.1 Å². The van der Waals surface area contributed by atoms with Crippen LogP contribution in [0.5, 0.6) is 5.75 Å². The Morgan fingerprint density at radius 1 is 0.912 bits per heavy atom. The lowest BCUT2D eigenvalue weighted by atomic mass is 9.88. The number of ether oxygens (including phenoxy) is 2. The molecule has 1 aromatic rings. The number of benzene rings is 1. The third-order valence-corrected chi connectivity index (χ3v) is 8.03. The zero-order valence-corrected chi connectivity index (χ0v) is 20.3. The van der Waals surface area contributed by atoms with Crippen LogP contribution in [0.2, 0.25) is 0 Å². The smallest absolute Gasteiger partial charge is 0.258 e. The highest BCUT2D eigenvalue weighted by atomic mass is 16.5. The molecule has 7 heteroatoms. The van der Waals surface area contributed by atoms with Crippen LogP contribution < -0.4 is 10.1 Å². The maximum Gasteiger partial charge on any atom is 0.258 e. The first-order valence-electron chi connectivity index (χ1n) is 13.4. The van der Waals surface area contributed by atoms with Crippen molar-refractivity contribution in [3.05, 3.63) is 29.8 Å². The van der Waals surface area contributed by atoms with Crippen molar-refractivity contribution in [2.75, 3.05) is 39.3 Å². The number of carbonyl (C=O) groups is 2. The monoisotopic (exact) mass is 469 g/mol. The molecule has 2 saturated heterocycles. The van der Waals surface area contributed by atoms with Crippen LogP contribution in [0.3, 0.4) is 0 Å². The summed E-state index contributed by atoms with van der Waals surface area (Å²) >= 11 is 0. The molecule has 186 valence electrons. The van der Waals surface area contributed by atoms with Crippen molar-refractivity contribution in [2.24, 2.45) is 5.92 Å². The molecule has 3 aliphatic heterocycles. The fourth-order valence-corrected chi connectivity index (χ4v) is 6.11. The average molecular weight is 470 g/mol. The summed E-state index contributed by atoms with van der Waals surface area (Å²) in [5, 5.41) is 3.14. The second kappa shape index (κ2) is 11.1. The first-order valence-corrected chi connectivity index (χ1v) is 13.4. The van der Waals surface area contributed by atoms with E-state index in [2.05, 4.69) is 10.2 Å². The SMILES string of the molecule is O=C1NC[C@@H]2CCC[C@@H](CCOc3ccccc3C(=O)N3CCN(CC4CCCCC4)C[C@@H]13)O2. The first kappa shape index (κ1) is 23.6. The zero-order chi connectivity index (χ0) is 23.3. The lowest BCUT2D eigenvalue weighted by Crippen LogP contribution is -2.61. The number of para-hydroxylation sites is 1. The van der Waals surface area contributed by atoms with Crippen LogP contribution in [0.15, 0.2) is 24.3 Å². The molecule has 2 bridgehead atoms. The molecule has 3 heterocycles. The van der Waals surface area contributed by atoms with Crippen molar-refractivity contribution in [2.45, 2.75) is 76.0 Å². The number of carbonyl (C=O) groups excluding carboxylic acids is 2. The number of nitrogens with zero attached hydrogens (tertiary/aromatic N) is 2. The van der Waals surface area contributed by atoms with E-state index in [0.29, 0.717) is 43.5 Å². The fraction of sp³-hybridized carbons (Fsp3) is 0.704. The van der Waals surface area contributed by atoms with Crippen LogP contribution in [0.25, 0.3) is 0 Å². The van der Waals surface area contributed by atoms with Gasteiger partial charge in [0.05, 0.1) is 24.4 Å². The van der Waals surface area contributed by atoms with Gasteiger partial charge in [-0.2, -0.15) is 0 Å². The molecule has 34 heavy (non-hydrogen) atoms. The molecule has 1 aromatic carbocycles. The summed E-state index contributed by atoms with van der Waals surface area (Å²) in [6, 6.07) is 6.94. The van der Waals surface area contributed by atoms with Gasteiger partial charge in [-0.1, -0.05) is 31.4 Å². The molecular weight excluding hydrogens is 430 g/mol. The Labute approximate surface area is 203 Å². The molecule has 1 N–H and O–H groups in total. The quantitative estimate of drug-likeness (QED) is 0.720. The molecule has 1 saturated carbocycles. The van der Waals surface area contributed by atoms with Crippen molar-refractivity contribution in [1.29, 1.82) is 0 Å². The Balaban J connectivity index is 1.37. The average Bonchev–Trinajstić information content (AvgIpc) is 2.87. The van der Waals surface area contributed by atoms with Crippen LogP contribution in [0, 0.1) is 5.92 Å².